The Morgan fingerprint density at radius 1 is 1.45 bits per heavy atom. The van der Waals surface area contributed by atoms with E-state index in [0.717, 1.165) is 30.3 Å². The predicted octanol–water partition coefficient (Wildman–Crippen LogP) is 4.21. The van der Waals surface area contributed by atoms with Crippen LogP contribution in [0.4, 0.5) is 5.13 Å². The monoisotopic (exact) mass is 309 g/mol. The minimum Gasteiger partial charge on any atom is -0.347 e. The van der Waals surface area contributed by atoms with Gasteiger partial charge in [-0.2, -0.15) is 11.3 Å². The van der Waals surface area contributed by atoms with Crippen LogP contribution in [-0.4, -0.2) is 18.6 Å². The molecule has 0 aliphatic carbocycles. The van der Waals surface area contributed by atoms with Crippen LogP contribution >= 0.6 is 22.7 Å². The summed E-state index contributed by atoms with van der Waals surface area (Å²) in [5, 5.41) is 8.97. The molecule has 0 radical (unpaired) electrons. The number of nitrogens with zero attached hydrogens (tertiary/aromatic N) is 2. The number of thiazole rings is 1. The Kier molecular flexibility index (Phi) is 5.57. The van der Waals surface area contributed by atoms with Gasteiger partial charge in [0.05, 0.1) is 5.69 Å². The van der Waals surface area contributed by atoms with E-state index in [0.29, 0.717) is 6.04 Å². The number of aromatic nitrogens is 1. The molecular formula is C15H23N3S2. The summed E-state index contributed by atoms with van der Waals surface area (Å²) in [4.78, 5) is 8.31. The summed E-state index contributed by atoms with van der Waals surface area (Å²) in [6.45, 7) is 8.50. The quantitative estimate of drug-likeness (QED) is 0.830. The largest absolute Gasteiger partial charge is 0.347 e. The van der Waals surface area contributed by atoms with Gasteiger partial charge in [-0.15, -0.1) is 11.3 Å². The van der Waals surface area contributed by atoms with Crippen LogP contribution in [-0.2, 0) is 6.54 Å². The molecule has 0 aliphatic rings. The van der Waals surface area contributed by atoms with Crippen LogP contribution in [0.1, 0.15) is 42.4 Å². The average molecular weight is 310 g/mol. The van der Waals surface area contributed by atoms with Gasteiger partial charge in [0, 0.05) is 24.5 Å². The molecule has 0 aromatic carbocycles. The summed E-state index contributed by atoms with van der Waals surface area (Å²) in [6.07, 6.45) is 1.16. The van der Waals surface area contributed by atoms with Crippen molar-refractivity contribution < 1.29 is 0 Å². The lowest BCUT2D eigenvalue weighted by atomic mass is 10.2. The fraction of sp³-hybridized carbons (Fsp3) is 0.533. The van der Waals surface area contributed by atoms with Crippen LogP contribution in [0.15, 0.2) is 16.8 Å². The van der Waals surface area contributed by atoms with E-state index in [9.17, 15) is 0 Å². The standard InChI is InChI=1S/C15H23N3S2/c1-5-7-16-11(2)14-12(3)17-15(20-14)18(4)9-13-6-8-19-10-13/h6,8,10-11,16H,5,7,9H2,1-4H3. The third kappa shape index (κ3) is 3.81. The number of aryl methyl sites for hydroxylation is 1. The molecule has 2 heterocycles. The molecule has 0 spiro atoms. The lowest BCUT2D eigenvalue weighted by Crippen LogP contribution is -2.18. The highest BCUT2D eigenvalue weighted by atomic mass is 32.1. The van der Waals surface area contributed by atoms with Gasteiger partial charge in [0.25, 0.3) is 0 Å². The van der Waals surface area contributed by atoms with Gasteiger partial charge >= 0.3 is 0 Å². The Hall–Kier alpha value is -0.910. The zero-order valence-corrected chi connectivity index (χ0v) is 14.3. The first-order valence-electron chi connectivity index (χ1n) is 7.04. The van der Waals surface area contributed by atoms with Gasteiger partial charge < -0.3 is 10.2 Å². The minimum atomic E-state index is 0.385. The Bertz CT molecular complexity index is 519. The van der Waals surface area contributed by atoms with Crippen molar-refractivity contribution >= 4 is 27.8 Å². The van der Waals surface area contributed by atoms with Crippen molar-refractivity contribution in [2.24, 2.45) is 0 Å². The van der Waals surface area contributed by atoms with E-state index in [1.807, 2.05) is 0 Å². The molecule has 1 atom stereocenters. The maximum atomic E-state index is 4.73. The molecule has 0 aliphatic heterocycles. The second-order valence-electron chi connectivity index (χ2n) is 5.11. The molecular weight excluding hydrogens is 286 g/mol. The highest BCUT2D eigenvalue weighted by molar-refractivity contribution is 7.15. The molecule has 0 saturated heterocycles. The summed E-state index contributed by atoms with van der Waals surface area (Å²) >= 11 is 3.55. The molecule has 3 nitrogen and oxygen atoms in total. The van der Waals surface area contributed by atoms with E-state index in [1.54, 1.807) is 22.7 Å². The van der Waals surface area contributed by atoms with Crippen molar-refractivity contribution in [3.05, 3.63) is 33.0 Å². The van der Waals surface area contributed by atoms with E-state index < -0.39 is 0 Å². The van der Waals surface area contributed by atoms with Crippen molar-refractivity contribution in [1.29, 1.82) is 0 Å². The molecule has 5 heteroatoms. The highest BCUT2D eigenvalue weighted by Gasteiger charge is 2.16. The van der Waals surface area contributed by atoms with Crippen LogP contribution in [0.2, 0.25) is 0 Å². The fourth-order valence-corrected chi connectivity index (χ4v) is 3.85. The van der Waals surface area contributed by atoms with Crippen LogP contribution in [0.3, 0.4) is 0 Å². The molecule has 1 unspecified atom stereocenters. The third-order valence-electron chi connectivity index (χ3n) is 3.24. The summed E-state index contributed by atoms with van der Waals surface area (Å²) in [7, 11) is 2.11. The molecule has 0 amide bonds. The summed E-state index contributed by atoms with van der Waals surface area (Å²) < 4.78 is 0. The number of hydrogen-bond acceptors (Lipinski definition) is 5. The SMILES string of the molecule is CCCNC(C)c1sc(N(C)Cc2ccsc2)nc1C. The number of rotatable bonds is 7. The zero-order chi connectivity index (χ0) is 14.5. The van der Waals surface area contributed by atoms with Crippen molar-refractivity contribution in [2.45, 2.75) is 39.8 Å². The molecule has 2 rings (SSSR count). The van der Waals surface area contributed by atoms with Gasteiger partial charge in [-0.05, 0) is 49.2 Å². The van der Waals surface area contributed by atoms with Gasteiger partial charge in [-0.1, -0.05) is 6.92 Å². The normalized spacial score (nSPS) is 12.6. The van der Waals surface area contributed by atoms with E-state index in [4.69, 9.17) is 4.98 Å². The first-order valence-corrected chi connectivity index (χ1v) is 8.80. The lowest BCUT2D eigenvalue weighted by Gasteiger charge is -2.14. The van der Waals surface area contributed by atoms with Crippen molar-refractivity contribution in [3.8, 4) is 0 Å². The number of anilines is 1. The lowest BCUT2D eigenvalue weighted by molar-refractivity contribution is 0.575. The van der Waals surface area contributed by atoms with Crippen LogP contribution in [0.5, 0.6) is 0 Å². The maximum Gasteiger partial charge on any atom is 0.185 e. The molecule has 0 fully saturated rings. The molecule has 110 valence electrons. The zero-order valence-electron chi connectivity index (χ0n) is 12.6. The summed E-state index contributed by atoms with van der Waals surface area (Å²) in [5.74, 6) is 0. The summed E-state index contributed by atoms with van der Waals surface area (Å²) in [5.41, 5.74) is 2.50. The maximum absolute atomic E-state index is 4.73. The Morgan fingerprint density at radius 3 is 2.90 bits per heavy atom. The van der Waals surface area contributed by atoms with E-state index in [1.165, 1.54) is 10.4 Å². The minimum absolute atomic E-state index is 0.385. The number of thiophene rings is 1. The van der Waals surface area contributed by atoms with Gasteiger partial charge in [-0.25, -0.2) is 4.98 Å². The first-order chi connectivity index (χ1) is 9.61. The molecule has 2 aromatic rings. The first kappa shape index (κ1) is 15.5. The molecule has 0 bridgehead atoms. The fourth-order valence-electron chi connectivity index (χ4n) is 2.14. The molecule has 2 aromatic heterocycles. The van der Waals surface area contributed by atoms with Crippen LogP contribution in [0, 0.1) is 6.92 Å². The highest BCUT2D eigenvalue weighted by Crippen LogP contribution is 2.30. The van der Waals surface area contributed by atoms with Crippen molar-refractivity contribution in [1.82, 2.24) is 10.3 Å². The van der Waals surface area contributed by atoms with Gasteiger partial charge in [-0.3, -0.25) is 0 Å². The van der Waals surface area contributed by atoms with Gasteiger partial charge in [0.15, 0.2) is 5.13 Å². The number of nitrogens with one attached hydrogen (secondary N) is 1. The topological polar surface area (TPSA) is 28.2 Å². The average Bonchev–Trinajstić information content (AvgIpc) is 3.05. The Morgan fingerprint density at radius 2 is 2.25 bits per heavy atom. The Labute approximate surface area is 129 Å². The third-order valence-corrected chi connectivity index (χ3v) is 5.43. The second kappa shape index (κ2) is 7.20. The molecule has 1 N–H and O–H groups in total. The Balaban J connectivity index is 2.05. The van der Waals surface area contributed by atoms with Crippen LogP contribution < -0.4 is 10.2 Å². The van der Waals surface area contributed by atoms with Gasteiger partial charge in [0.2, 0.25) is 0 Å². The van der Waals surface area contributed by atoms with E-state index in [2.05, 4.69) is 54.9 Å². The van der Waals surface area contributed by atoms with Crippen molar-refractivity contribution in [2.75, 3.05) is 18.5 Å². The smallest absolute Gasteiger partial charge is 0.185 e. The summed E-state index contributed by atoms with van der Waals surface area (Å²) in [6, 6.07) is 2.56. The van der Waals surface area contributed by atoms with Gasteiger partial charge in [0.1, 0.15) is 0 Å². The molecule has 20 heavy (non-hydrogen) atoms. The number of hydrogen-bond donors (Lipinski definition) is 1. The predicted molar refractivity (Wildman–Crippen MR) is 90.0 cm³/mol. The van der Waals surface area contributed by atoms with Crippen LogP contribution in [0.25, 0.3) is 0 Å². The van der Waals surface area contributed by atoms with E-state index >= 15 is 0 Å². The molecule has 0 saturated carbocycles. The second-order valence-corrected chi connectivity index (χ2v) is 6.90. The van der Waals surface area contributed by atoms with E-state index in [-0.39, 0.29) is 0 Å². The van der Waals surface area contributed by atoms with Crippen molar-refractivity contribution in [3.63, 3.8) is 0 Å².